The molecule has 0 atom stereocenters. The molecule has 8 heteroatoms. The highest BCUT2D eigenvalue weighted by molar-refractivity contribution is 5.88. The molecule has 2 aromatic heterocycles. The fraction of sp³-hybridized carbons (Fsp3) is 0.300. The number of hydrogen-bond donors (Lipinski definition) is 2. The smallest absolute Gasteiger partial charge is 0.217 e. The van der Waals surface area contributed by atoms with Crippen molar-refractivity contribution in [2.45, 2.75) is 12.8 Å². The standard InChI is InChI=1S/C20H21N5O3/c21-17(27)5-4-13-10-16-18(22-12-13)20(25-6-8-28-9-7-25)24-19(23-16)14-2-1-3-15(26)11-14/h1-3,10-12,26H,4-9H2,(H2,21,27). The van der Waals surface area contributed by atoms with Crippen LogP contribution in [0.1, 0.15) is 12.0 Å². The average Bonchev–Trinajstić information content (AvgIpc) is 2.72. The molecule has 8 nitrogen and oxygen atoms in total. The lowest BCUT2D eigenvalue weighted by molar-refractivity contribution is -0.117. The second-order valence-corrected chi connectivity index (χ2v) is 6.70. The number of aromatic nitrogens is 3. The molecule has 1 amide bonds. The van der Waals surface area contributed by atoms with E-state index in [0.717, 1.165) is 30.0 Å². The zero-order chi connectivity index (χ0) is 19.5. The van der Waals surface area contributed by atoms with E-state index >= 15 is 0 Å². The number of primary amides is 1. The number of carbonyl (C=O) groups is 1. The number of aromatic hydroxyl groups is 1. The van der Waals surface area contributed by atoms with E-state index in [0.29, 0.717) is 36.5 Å². The molecule has 28 heavy (non-hydrogen) atoms. The zero-order valence-electron chi connectivity index (χ0n) is 15.3. The maximum Gasteiger partial charge on any atom is 0.217 e. The topological polar surface area (TPSA) is 114 Å². The molecule has 0 spiro atoms. The Hall–Kier alpha value is -3.26. The van der Waals surface area contributed by atoms with Crippen LogP contribution in [0.15, 0.2) is 36.5 Å². The van der Waals surface area contributed by atoms with Crippen LogP contribution in [0, 0.1) is 0 Å². The first-order chi connectivity index (χ1) is 13.6. The summed E-state index contributed by atoms with van der Waals surface area (Å²) in [6.07, 6.45) is 2.51. The van der Waals surface area contributed by atoms with Crippen LogP contribution in [0.4, 0.5) is 5.82 Å². The van der Waals surface area contributed by atoms with Gasteiger partial charge in [0.2, 0.25) is 5.91 Å². The molecular weight excluding hydrogens is 358 g/mol. The summed E-state index contributed by atoms with van der Waals surface area (Å²) in [5.74, 6) is 1.06. The largest absolute Gasteiger partial charge is 0.508 e. The summed E-state index contributed by atoms with van der Waals surface area (Å²) in [4.78, 5) is 27.2. The van der Waals surface area contributed by atoms with Crippen molar-refractivity contribution < 1.29 is 14.6 Å². The van der Waals surface area contributed by atoms with Crippen LogP contribution >= 0.6 is 0 Å². The van der Waals surface area contributed by atoms with Crippen molar-refractivity contribution in [2.24, 2.45) is 5.73 Å². The van der Waals surface area contributed by atoms with E-state index < -0.39 is 0 Å². The summed E-state index contributed by atoms with van der Waals surface area (Å²) in [5.41, 5.74) is 8.27. The number of pyridine rings is 1. The van der Waals surface area contributed by atoms with Crippen molar-refractivity contribution in [3.8, 4) is 17.1 Å². The quantitative estimate of drug-likeness (QED) is 0.693. The van der Waals surface area contributed by atoms with Crippen molar-refractivity contribution in [1.82, 2.24) is 15.0 Å². The van der Waals surface area contributed by atoms with Gasteiger partial charge in [0.15, 0.2) is 11.6 Å². The molecule has 1 fully saturated rings. The molecule has 1 aliphatic rings. The molecule has 0 bridgehead atoms. The van der Waals surface area contributed by atoms with E-state index in [1.165, 1.54) is 0 Å². The average molecular weight is 379 g/mol. The molecule has 1 aromatic carbocycles. The van der Waals surface area contributed by atoms with E-state index in [4.69, 9.17) is 15.5 Å². The van der Waals surface area contributed by atoms with Gasteiger partial charge in [-0.05, 0) is 30.2 Å². The first kappa shape index (κ1) is 18.1. The van der Waals surface area contributed by atoms with Crippen LogP contribution in [-0.2, 0) is 16.0 Å². The van der Waals surface area contributed by atoms with E-state index in [9.17, 15) is 9.90 Å². The van der Waals surface area contributed by atoms with Crippen molar-refractivity contribution in [3.05, 3.63) is 42.1 Å². The van der Waals surface area contributed by atoms with Gasteiger partial charge in [-0.3, -0.25) is 9.78 Å². The Bertz CT molecular complexity index is 1020. The number of carbonyl (C=O) groups excluding carboxylic acids is 1. The Kier molecular flexibility index (Phi) is 5.03. The Morgan fingerprint density at radius 2 is 2.04 bits per heavy atom. The van der Waals surface area contributed by atoms with Crippen molar-refractivity contribution in [3.63, 3.8) is 0 Å². The van der Waals surface area contributed by atoms with E-state index in [2.05, 4.69) is 14.9 Å². The third-order valence-electron chi connectivity index (χ3n) is 4.65. The normalized spacial score (nSPS) is 14.4. The minimum atomic E-state index is -0.350. The summed E-state index contributed by atoms with van der Waals surface area (Å²) in [7, 11) is 0. The first-order valence-corrected chi connectivity index (χ1v) is 9.17. The molecular formula is C20H21N5O3. The molecule has 0 aliphatic carbocycles. The number of amides is 1. The molecule has 4 rings (SSSR count). The van der Waals surface area contributed by atoms with Gasteiger partial charge < -0.3 is 20.5 Å². The van der Waals surface area contributed by atoms with Crippen LogP contribution in [0.25, 0.3) is 22.4 Å². The van der Waals surface area contributed by atoms with Crippen LogP contribution in [-0.4, -0.2) is 52.3 Å². The molecule has 3 aromatic rings. The number of anilines is 1. The number of rotatable bonds is 5. The summed E-state index contributed by atoms with van der Waals surface area (Å²) in [5, 5.41) is 9.83. The molecule has 3 heterocycles. The summed E-state index contributed by atoms with van der Waals surface area (Å²) < 4.78 is 5.46. The van der Waals surface area contributed by atoms with Crippen LogP contribution in [0.3, 0.4) is 0 Å². The zero-order valence-corrected chi connectivity index (χ0v) is 15.3. The van der Waals surface area contributed by atoms with Gasteiger partial charge in [0.05, 0.1) is 18.7 Å². The molecule has 3 N–H and O–H groups in total. The number of fused-ring (bicyclic) bond motifs is 1. The van der Waals surface area contributed by atoms with E-state index in [-0.39, 0.29) is 18.1 Å². The highest BCUT2D eigenvalue weighted by Crippen LogP contribution is 2.28. The van der Waals surface area contributed by atoms with Gasteiger partial charge >= 0.3 is 0 Å². The Labute approximate surface area is 162 Å². The van der Waals surface area contributed by atoms with Gasteiger partial charge in [-0.1, -0.05) is 12.1 Å². The minimum absolute atomic E-state index is 0.155. The fourth-order valence-electron chi connectivity index (χ4n) is 3.22. The monoisotopic (exact) mass is 379 g/mol. The number of ether oxygens (including phenoxy) is 1. The Morgan fingerprint density at radius 1 is 1.21 bits per heavy atom. The molecule has 0 unspecified atom stereocenters. The lowest BCUT2D eigenvalue weighted by atomic mass is 10.1. The first-order valence-electron chi connectivity index (χ1n) is 9.17. The van der Waals surface area contributed by atoms with Gasteiger partial charge in [-0.15, -0.1) is 0 Å². The lowest BCUT2D eigenvalue weighted by Crippen LogP contribution is -2.37. The molecule has 1 saturated heterocycles. The second kappa shape index (κ2) is 7.77. The number of nitrogens with two attached hydrogens (primary N) is 1. The third-order valence-corrected chi connectivity index (χ3v) is 4.65. The summed E-state index contributed by atoms with van der Waals surface area (Å²) in [6, 6.07) is 8.78. The predicted octanol–water partition coefficient (Wildman–Crippen LogP) is 1.65. The second-order valence-electron chi connectivity index (χ2n) is 6.70. The summed E-state index contributed by atoms with van der Waals surface area (Å²) in [6.45, 7) is 2.70. The Balaban J connectivity index is 1.83. The van der Waals surface area contributed by atoms with Gasteiger partial charge in [0, 0.05) is 31.3 Å². The lowest BCUT2D eigenvalue weighted by Gasteiger charge is -2.28. The van der Waals surface area contributed by atoms with Gasteiger partial charge in [-0.2, -0.15) is 0 Å². The fourth-order valence-corrected chi connectivity index (χ4v) is 3.22. The number of nitrogens with zero attached hydrogens (tertiary/aromatic N) is 4. The van der Waals surface area contributed by atoms with Crippen LogP contribution in [0.5, 0.6) is 5.75 Å². The SMILES string of the molecule is NC(=O)CCc1cnc2c(N3CCOCC3)nc(-c3cccc(O)c3)nc2c1. The number of morpholine rings is 1. The number of phenolic OH excluding ortho intramolecular Hbond substituents is 1. The molecule has 0 saturated carbocycles. The van der Waals surface area contributed by atoms with Gasteiger partial charge in [-0.25, -0.2) is 9.97 Å². The van der Waals surface area contributed by atoms with Crippen molar-refractivity contribution in [2.75, 3.05) is 31.2 Å². The molecule has 1 aliphatic heterocycles. The number of hydrogen-bond acceptors (Lipinski definition) is 7. The Morgan fingerprint density at radius 3 is 2.79 bits per heavy atom. The van der Waals surface area contributed by atoms with Gasteiger partial charge in [0.25, 0.3) is 0 Å². The maximum absolute atomic E-state index is 11.1. The molecule has 0 radical (unpaired) electrons. The number of aryl methyl sites for hydroxylation is 1. The van der Waals surface area contributed by atoms with Crippen molar-refractivity contribution in [1.29, 1.82) is 0 Å². The highest BCUT2D eigenvalue weighted by Gasteiger charge is 2.19. The van der Waals surface area contributed by atoms with Crippen molar-refractivity contribution >= 4 is 22.8 Å². The van der Waals surface area contributed by atoms with E-state index in [1.54, 1.807) is 24.4 Å². The van der Waals surface area contributed by atoms with Gasteiger partial charge in [0.1, 0.15) is 11.3 Å². The van der Waals surface area contributed by atoms with E-state index in [1.807, 2.05) is 12.1 Å². The third kappa shape index (κ3) is 3.86. The molecule has 144 valence electrons. The highest BCUT2D eigenvalue weighted by atomic mass is 16.5. The van der Waals surface area contributed by atoms with Crippen LogP contribution < -0.4 is 10.6 Å². The van der Waals surface area contributed by atoms with Crippen LogP contribution in [0.2, 0.25) is 0 Å². The maximum atomic E-state index is 11.1. The number of benzene rings is 1. The summed E-state index contributed by atoms with van der Waals surface area (Å²) >= 11 is 0. The predicted molar refractivity (Wildman–Crippen MR) is 105 cm³/mol. The minimum Gasteiger partial charge on any atom is -0.508 e. The number of phenols is 1.